The zero-order valence-corrected chi connectivity index (χ0v) is 18.6. The Morgan fingerprint density at radius 2 is 1.00 bits per heavy atom. The summed E-state index contributed by atoms with van der Waals surface area (Å²) in [5, 5.41) is 9.44. The first-order valence-electron chi connectivity index (χ1n) is 11.6. The molecule has 3 heteroatoms. The van der Waals surface area contributed by atoms with Crippen molar-refractivity contribution in [1.82, 2.24) is 0 Å². The zero-order chi connectivity index (χ0) is 19.5. The third-order valence-corrected chi connectivity index (χ3v) is 5.14. The van der Waals surface area contributed by atoms with Gasteiger partial charge in [-0.3, -0.25) is 0 Å². The molecule has 0 aliphatic heterocycles. The van der Waals surface area contributed by atoms with Crippen molar-refractivity contribution in [3.8, 4) is 0 Å². The summed E-state index contributed by atoms with van der Waals surface area (Å²) in [6.45, 7) is 5.56. The smallest absolute Gasteiger partial charge is 0.134 e. The van der Waals surface area contributed by atoms with Crippen LogP contribution < -0.4 is 0 Å². The van der Waals surface area contributed by atoms with E-state index in [2.05, 4.69) is 6.92 Å². The molecular weight excluding hydrogens is 322 g/mol. The van der Waals surface area contributed by atoms with Crippen molar-refractivity contribution < 1.29 is 14.6 Å². The standard InChI is InChI=1S/C23H50NO2/c1-5-6-7-8-9-10-11-12-13-14-15-16-17-18-19-20-21-26-24(3,4)22-23(2)25/h23,25H,5-22H2,1-4H3/q+1. The third kappa shape index (κ3) is 20.2. The number of unbranched alkanes of at least 4 members (excludes halogenated alkanes) is 15. The molecule has 3 nitrogen and oxygen atoms in total. The summed E-state index contributed by atoms with van der Waals surface area (Å²) in [4.78, 5) is 5.84. The first kappa shape index (κ1) is 25.9. The molecule has 1 atom stereocenters. The van der Waals surface area contributed by atoms with E-state index in [1.165, 1.54) is 96.3 Å². The molecule has 0 aliphatic rings. The van der Waals surface area contributed by atoms with Gasteiger partial charge in [-0.2, -0.15) is 4.65 Å². The van der Waals surface area contributed by atoms with Gasteiger partial charge in [-0.25, -0.2) is 4.84 Å². The minimum atomic E-state index is -0.309. The van der Waals surface area contributed by atoms with Crippen molar-refractivity contribution >= 4 is 0 Å². The molecule has 0 aromatic carbocycles. The van der Waals surface area contributed by atoms with E-state index >= 15 is 0 Å². The minimum absolute atomic E-state index is 0.309. The molecule has 0 spiro atoms. The second kappa shape index (κ2) is 18.3. The summed E-state index contributed by atoms with van der Waals surface area (Å²) in [7, 11) is 4.03. The highest BCUT2D eigenvalue weighted by Crippen LogP contribution is 2.14. The lowest BCUT2D eigenvalue weighted by Gasteiger charge is -2.27. The number of aliphatic hydroxyl groups is 1. The fraction of sp³-hybridized carbons (Fsp3) is 1.00. The number of hydrogen-bond acceptors (Lipinski definition) is 2. The lowest BCUT2D eigenvalue weighted by Crippen LogP contribution is -2.44. The predicted octanol–water partition coefficient (Wildman–Crippen LogP) is 6.64. The molecule has 0 fully saturated rings. The van der Waals surface area contributed by atoms with E-state index in [4.69, 9.17) is 4.84 Å². The van der Waals surface area contributed by atoms with Gasteiger partial charge in [0.25, 0.3) is 0 Å². The van der Waals surface area contributed by atoms with Crippen molar-refractivity contribution in [3.63, 3.8) is 0 Å². The van der Waals surface area contributed by atoms with Gasteiger partial charge in [-0.15, -0.1) is 0 Å². The van der Waals surface area contributed by atoms with Gasteiger partial charge in [0.1, 0.15) is 19.3 Å². The number of hydrogen-bond donors (Lipinski definition) is 1. The van der Waals surface area contributed by atoms with Crippen LogP contribution in [0.5, 0.6) is 0 Å². The van der Waals surface area contributed by atoms with Crippen LogP contribution >= 0.6 is 0 Å². The number of aliphatic hydroxyl groups excluding tert-OH is 1. The van der Waals surface area contributed by atoms with E-state index in [9.17, 15) is 5.11 Å². The van der Waals surface area contributed by atoms with Crippen LogP contribution in [0, 0.1) is 0 Å². The van der Waals surface area contributed by atoms with Gasteiger partial charge in [0, 0.05) is 0 Å². The SMILES string of the molecule is CCCCCCCCCCCCCCCCCCO[N+](C)(C)CC(C)O. The second-order valence-electron chi connectivity index (χ2n) is 8.74. The lowest BCUT2D eigenvalue weighted by molar-refractivity contribution is -1.08. The van der Waals surface area contributed by atoms with Gasteiger partial charge >= 0.3 is 0 Å². The molecule has 1 unspecified atom stereocenters. The average Bonchev–Trinajstić information content (AvgIpc) is 2.56. The first-order valence-corrected chi connectivity index (χ1v) is 11.6. The van der Waals surface area contributed by atoms with Crippen molar-refractivity contribution in [2.24, 2.45) is 0 Å². The monoisotopic (exact) mass is 372 g/mol. The predicted molar refractivity (Wildman–Crippen MR) is 114 cm³/mol. The zero-order valence-electron chi connectivity index (χ0n) is 18.6. The van der Waals surface area contributed by atoms with Crippen molar-refractivity contribution in [1.29, 1.82) is 0 Å². The third-order valence-electron chi connectivity index (χ3n) is 5.14. The largest absolute Gasteiger partial charge is 0.387 e. The Bertz CT molecular complexity index is 279. The second-order valence-corrected chi connectivity index (χ2v) is 8.74. The van der Waals surface area contributed by atoms with Crippen LogP contribution in [-0.4, -0.2) is 43.1 Å². The van der Waals surface area contributed by atoms with E-state index in [0.717, 1.165) is 13.0 Å². The average molecular weight is 373 g/mol. The van der Waals surface area contributed by atoms with Crippen LogP contribution in [-0.2, 0) is 4.84 Å². The molecule has 0 heterocycles. The molecule has 0 bridgehead atoms. The van der Waals surface area contributed by atoms with Gasteiger partial charge in [0.15, 0.2) is 0 Å². The molecule has 158 valence electrons. The van der Waals surface area contributed by atoms with E-state index in [0.29, 0.717) is 11.2 Å². The van der Waals surface area contributed by atoms with Crippen LogP contribution in [0.2, 0.25) is 0 Å². The number of hydroxylamine groups is 3. The minimum Gasteiger partial charge on any atom is -0.387 e. The van der Waals surface area contributed by atoms with Crippen LogP contribution in [0.4, 0.5) is 0 Å². The van der Waals surface area contributed by atoms with E-state index in [1.54, 1.807) is 0 Å². The molecule has 0 amide bonds. The molecule has 0 aromatic rings. The van der Waals surface area contributed by atoms with E-state index in [1.807, 2.05) is 21.0 Å². The summed E-state index contributed by atoms with van der Waals surface area (Å²) in [6.07, 6.45) is 22.0. The van der Waals surface area contributed by atoms with Crippen molar-refractivity contribution in [3.05, 3.63) is 0 Å². The Kier molecular flexibility index (Phi) is 18.2. The Balaban J connectivity index is 3.16. The number of nitrogens with zero attached hydrogens (tertiary/aromatic N) is 1. The molecular formula is C23H50NO2+. The van der Waals surface area contributed by atoms with Gasteiger partial charge in [0.05, 0.1) is 14.1 Å². The highest BCUT2D eigenvalue weighted by Gasteiger charge is 2.19. The summed E-state index contributed by atoms with van der Waals surface area (Å²) < 4.78 is 0.455. The molecule has 0 radical (unpaired) electrons. The summed E-state index contributed by atoms with van der Waals surface area (Å²) in [5.74, 6) is 0. The van der Waals surface area contributed by atoms with Crippen LogP contribution in [0.1, 0.15) is 117 Å². The summed E-state index contributed by atoms with van der Waals surface area (Å²) in [5.41, 5.74) is 0. The Labute approximate surface area is 165 Å². The fourth-order valence-corrected chi connectivity index (χ4v) is 3.65. The van der Waals surface area contributed by atoms with Crippen molar-refractivity contribution in [2.45, 2.75) is 123 Å². The molecule has 1 N–H and O–H groups in total. The highest BCUT2D eigenvalue weighted by atomic mass is 16.7. The normalized spacial score (nSPS) is 13.3. The molecule has 0 saturated carbocycles. The van der Waals surface area contributed by atoms with Gasteiger partial charge < -0.3 is 5.11 Å². The van der Waals surface area contributed by atoms with E-state index in [-0.39, 0.29) is 6.10 Å². The maximum atomic E-state index is 9.44. The topological polar surface area (TPSA) is 29.5 Å². The van der Waals surface area contributed by atoms with Crippen LogP contribution in [0.15, 0.2) is 0 Å². The van der Waals surface area contributed by atoms with Crippen LogP contribution in [0.3, 0.4) is 0 Å². The van der Waals surface area contributed by atoms with Crippen molar-refractivity contribution in [2.75, 3.05) is 27.2 Å². The highest BCUT2D eigenvalue weighted by molar-refractivity contribution is 4.49. The molecule has 0 saturated heterocycles. The first-order chi connectivity index (χ1) is 12.5. The number of quaternary nitrogens is 1. The Hall–Kier alpha value is -0.120. The molecule has 26 heavy (non-hydrogen) atoms. The summed E-state index contributed by atoms with van der Waals surface area (Å²) in [6, 6.07) is 0. The maximum Gasteiger partial charge on any atom is 0.134 e. The van der Waals surface area contributed by atoms with Gasteiger partial charge in [-0.1, -0.05) is 103 Å². The number of likely N-dealkylation sites (N-methyl/N-ethyl adjacent to an activating group) is 1. The lowest BCUT2D eigenvalue weighted by atomic mass is 10.0. The summed E-state index contributed by atoms with van der Waals surface area (Å²) >= 11 is 0. The van der Waals surface area contributed by atoms with Gasteiger partial charge in [0.2, 0.25) is 0 Å². The Morgan fingerprint density at radius 1 is 0.654 bits per heavy atom. The fourth-order valence-electron chi connectivity index (χ4n) is 3.65. The van der Waals surface area contributed by atoms with Crippen LogP contribution in [0.25, 0.3) is 0 Å². The quantitative estimate of drug-likeness (QED) is 0.147. The Morgan fingerprint density at radius 3 is 1.35 bits per heavy atom. The molecule has 0 aliphatic carbocycles. The molecule has 0 rings (SSSR count). The van der Waals surface area contributed by atoms with E-state index < -0.39 is 0 Å². The number of rotatable bonds is 20. The molecule has 0 aromatic heterocycles. The van der Waals surface area contributed by atoms with Gasteiger partial charge in [-0.05, 0) is 13.3 Å². The maximum absolute atomic E-state index is 9.44.